The third kappa shape index (κ3) is 1.73. The number of fused-ring (bicyclic) bond motifs is 2. The average molecular weight is 271 g/mol. The van der Waals surface area contributed by atoms with Crippen LogP contribution in [0.3, 0.4) is 0 Å². The lowest BCUT2D eigenvalue weighted by atomic mass is 9.69. The zero-order valence-electron chi connectivity index (χ0n) is 13.0. The van der Waals surface area contributed by atoms with E-state index < -0.39 is 0 Å². The molecule has 0 saturated heterocycles. The standard InChI is InChI=1S/C18H25NO/c1-12-7-5-6-8-14(12)16(20)19-15-11-13-9-10-18(15,4)17(13,2)3/h5-8,13,15H,9-11H2,1-4H3,(H,19,20). The molecule has 2 bridgehead atoms. The van der Waals surface area contributed by atoms with Gasteiger partial charge in [-0.3, -0.25) is 4.79 Å². The molecular weight excluding hydrogens is 246 g/mol. The molecule has 2 nitrogen and oxygen atoms in total. The van der Waals surface area contributed by atoms with Crippen molar-refractivity contribution in [1.29, 1.82) is 0 Å². The molecule has 0 aliphatic heterocycles. The van der Waals surface area contributed by atoms with Crippen LogP contribution < -0.4 is 5.32 Å². The van der Waals surface area contributed by atoms with E-state index in [1.807, 2.05) is 31.2 Å². The van der Waals surface area contributed by atoms with E-state index >= 15 is 0 Å². The first-order valence-corrected chi connectivity index (χ1v) is 7.73. The van der Waals surface area contributed by atoms with E-state index in [1.165, 1.54) is 12.8 Å². The van der Waals surface area contributed by atoms with E-state index in [4.69, 9.17) is 0 Å². The molecule has 0 radical (unpaired) electrons. The molecule has 1 aromatic carbocycles. The van der Waals surface area contributed by atoms with Crippen molar-refractivity contribution in [3.63, 3.8) is 0 Å². The van der Waals surface area contributed by atoms with Gasteiger partial charge in [0.1, 0.15) is 0 Å². The zero-order valence-corrected chi connectivity index (χ0v) is 13.0. The van der Waals surface area contributed by atoms with E-state index in [0.717, 1.165) is 23.5 Å². The van der Waals surface area contributed by atoms with Crippen molar-refractivity contribution in [3.8, 4) is 0 Å². The molecule has 0 aromatic heterocycles. The summed E-state index contributed by atoms with van der Waals surface area (Å²) in [5, 5.41) is 3.32. The summed E-state index contributed by atoms with van der Waals surface area (Å²) >= 11 is 0. The predicted molar refractivity (Wildman–Crippen MR) is 81.7 cm³/mol. The van der Waals surface area contributed by atoms with Crippen LogP contribution in [0.4, 0.5) is 0 Å². The van der Waals surface area contributed by atoms with Crippen LogP contribution in [0.1, 0.15) is 56.0 Å². The van der Waals surface area contributed by atoms with E-state index in [9.17, 15) is 4.79 Å². The van der Waals surface area contributed by atoms with Crippen molar-refractivity contribution in [2.24, 2.45) is 16.7 Å². The van der Waals surface area contributed by atoms with Crippen LogP contribution in [-0.4, -0.2) is 11.9 Å². The van der Waals surface area contributed by atoms with Crippen LogP contribution in [0.15, 0.2) is 24.3 Å². The fourth-order valence-electron chi connectivity index (χ4n) is 4.49. The number of carbonyl (C=O) groups excluding carboxylic acids is 1. The smallest absolute Gasteiger partial charge is 0.251 e. The minimum Gasteiger partial charge on any atom is -0.349 e. The lowest BCUT2D eigenvalue weighted by molar-refractivity contribution is 0.0825. The number of amides is 1. The summed E-state index contributed by atoms with van der Waals surface area (Å²) in [6.07, 6.45) is 3.70. The second-order valence-corrected chi connectivity index (χ2v) is 7.45. The molecule has 2 aliphatic carbocycles. The summed E-state index contributed by atoms with van der Waals surface area (Å²) < 4.78 is 0. The average Bonchev–Trinajstić information content (AvgIpc) is 2.72. The van der Waals surface area contributed by atoms with Crippen LogP contribution in [0.25, 0.3) is 0 Å². The van der Waals surface area contributed by atoms with Crippen LogP contribution >= 0.6 is 0 Å². The molecule has 2 fully saturated rings. The number of aryl methyl sites for hydroxylation is 1. The summed E-state index contributed by atoms with van der Waals surface area (Å²) in [6, 6.07) is 8.16. The van der Waals surface area contributed by atoms with E-state index in [0.29, 0.717) is 11.5 Å². The number of rotatable bonds is 2. The Bertz CT molecular complexity index is 548. The van der Waals surface area contributed by atoms with Gasteiger partial charge in [0.2, 0.25) is 0 Å². The second kappa shape index (κ2) is 4.34. The number of carbonyl (C=O) groups is 1. The maximum Gasteiger partial charge on any atom is 0.251 e. The van der Waals surface area contributed by atoms with Gasteiger partial charge in [-0.25, -0.2) is 0 Å². The van der Waals surface area contributed by atoms with Crippen molar-refractivity contribution >= 4 is 5.91 Å². The molecular formula is C18H25NO. The zero-order chi connectivity index (χ0) is 14.5. The fourth-order valence-corrected chi connectivity index (χ4v) is 4.49. The second-order valence-electron chi connectivity index (χ2n) is 7.45. The van der Waals surface area contributed by atoms with Gasteiger partial charge in [0, 0.05) is 11.6 Å². The number of nitrogens with one attached hydrogen (secondary N) is 1. The third-order valence-corrected chi connectivity index (χ3v) is 6.49. The SMILES string of the molecule is Cc1ccccc1C(=O)NC1CC2CCC1(C)C2(C)C. The molecule has 3 rings (SSSR count). The first kappa shape index (κ1) is 13.7. The summed E-state index contributed by atoms with van der Waals surface area (Å²) in [4.78, 5) is 12.5. The van der Waals surface area contributed by atoms with Crippen LogP contribution in [0.2, 0.25) is 0 Å². The van der Waals surface area contributed by atoms with Crippen molar-refractivity contribution in [1.82, 2.24) is 5.32 Å². The molecule has 1 aromatic rings. The van der Waals surface area contributed by atoms with Gasteiger partial charge in [-0.2, -0.15) is 0 Å². The molecule has 20 heavy (non-hydrogen) atoms. The highest BCUT2D eigenvalue weighted by atomic mass is 16.1. The summed E-state index contributed by atoms with van der Waals surface area (Å²) in [6.45, 7) is 9.12. The molecule has 0 spiro atoms. The van der Waals surface area contributed by atoms with Gasteiger partial charge < -0.3 is 5.32 Å². The molecule has 1 N–H and O–H groups in total. The minimum absolute atomic E-state index is 0.0951. The molecule has 108 valence electrons. The lowest BCUT2D eigenvalue weighted by Gasteiger charge is -2.39. The topological polar surface area (TPSA) is 29.1 Å². The highest BCUT2D eigenvalue weighted by Gasteiger charge is 2.61. The normalized spacial score (nSPS) is 34.2. The monoisotopic (exact) mass is 271 g/mol. The third-order valence-electron chi connectivity index (χ3n) is 6.49. The first-order chi connectivity index (χ1) is 9.36. The largest absolute Gasteiger partial charge is 0.349 e. The van der Waals surface area contributed by atoms with Crippen molar-refractivity contribution in [2.75, 3.05) is 0 Å². The van der Waals surface area contributed by atoms with Gasteiger partial charge in [-0.05, 0) is 54.6 Å². The van der Waals surface area contributed by atoms with Crippen molar-refractivity contribution in [3.05, 3.63) is 35.4 Å². The van der Waals surface area contributed by atoms with Crippen LogP contribution in [0.5, 0.6) is 0 Å². The molecule has 2 saturated carbocycles. The molecule has 2 aliphatic rings. The molecule has 2 heteroatoms. The number of hydrogen-bond donors (Lipinski definition) is 1. The molecule has 0 heterocycles. The van der Waals surface area contributed by atoms with Gasteiger partial charge >= 0.3 is 0 Å². The van der Waals surface area contributed by atoms with Gasteiger partial charge in [-0.1, -0.05) is 39.0 Å². The van der Waals surface area contributed by atoms with Gasteiger partial charge in [0.05, 0.1) is 0 Å². The summed E-state index contributed by atoms with van der Waals surface area (Å²) in [7, 11) is 0. The molecule has 1 amide bonds. The Morgan fingerprint density at radius 1 is 1.25 bits per heavy atom. The minimum atomic E-state index is 0.0951. The van der Waals surface area contributed by atoms with Crippen molar-refractivity contribution in [2.45, 2.75) is 53.0 Å². The Hall–Kier alpha value is -1.31. The number of benzene rings is 1. The predicted octanol–water partition coefficient (Wildman–Crippen LogP) is 3.94. The van der Waals surface area contributed by atoms with Crippen LogP contribution in [0, 0.1) is 23.7 Å². The van der Waals surface area contributed by atoms with Gasteiger partial charge in [0.25, 0.3) is 5.91 Å². The Morgan fingerprint density at radius 2 is 1.95 bits per heavy atom. The van der Waals surface area contributed by atoms with E-state index in [-0.39, 0.29) is 11.3 Å². The quantitative estimate of drug-likeness (QED) is 0.867. The maximum absolute atomic E-state index is 12.5. The summed E-state index contributed by atoms with van der Waals surface area (Å²) in [5.74, 6) is 0.854. The first-order valence-electron chi connectivity index (χ1n) is 7.73. The van der Waals surface area contributed by atoms with Crippen LogP contribution in [-0.2, 0) is 0 Å². The highest BCUT2D eigenvalue weighted by molar-refractivity contribution is 5.95. The maximum atomic E-state index is 12.5. The lowest BCUT2D eigenvalue weighted by Crippen LogP contribution is -2.47. The van der Waals surface area contributed by atoms with Gasteiger partial charge in [-0.15, -0.1) is 0 Å². The fraction of sp³-hybridized carbons (Fsp3) is 0.611. The van der Waals surface area contributed by atoms with Gasteiger partial charge in [0.15, 0.2) is 0 Å². The summed E-state index contributed by atoms with van der Waals surface area (Å²) in [5.41, 5.74) is 2.46. The van der Waals surface area contributed by atoms with E-state index in [2.05, 4.69) is 26.1 Å². The Kier molecular flexibility index (Phi) is 2.97. The molecule has 3 unspecified atom stereocenters. The molecule has 3 atom stereocenters. The Labute approximate surface area is 122 Å². The van der Waals surface area contributed by atoms with E-state index in [1.54, 1.807) is 0 Å². The highest BCUT2D eigenvalue weighted by Crippen LogP contribution is 2.65. The number of hydrogen-bond acceptors (Lipinski definition) is 1. The Balaban J connectivity index is 1.81. The Morgan fingerprint density at radius 3 is 2.50 bits per heavy atom. The van der Waals surface area contributed by atoms with Crippen molar-refractivity contribution < 1.29 is 4.79 Å².